The van der Waals surface area contributed by atoms with Gasteiger partial charge in [0.25, 0.3) is 0 Å². The number of likely N-dealkylation sites (N-methyl/N-ethyl adjacent to an activating group) is 1. The fourth-order valence-corrected chi connectivity index (χ4v) is 3.24. The third-order valence-corrected chi connectivity index (χ3v) is 4.50. The Balaban J connectivity index is 0.00000242. The summed E-state index contributed by atoms with van der Waals surface area (Å²) in [6, 6.07) is 5.76. The number of amides is 1. The number of likely N-dealkylation sites (tertiary alicyclic amines) is 1. The van der Waals surface area contributed by atoms with Gasteiger partial charge in [0, 0.05) is 24.2 Å². The van der Waals surface area contributed by atoms with Gasteiger partial charge in [-0.1, -0.05) is 11.6 Å². The predicted octanol–water partition coefficient (Wildman–Crippen LogP) is 3.50. The Morgan fingerprint density at radius 2 is 2.32 bits per heavy atom. The third kappa shape index (κ3) is 5.61. The molecule has 1 aliphatic heterocycles. The highest BCUT2D eigenvalue weighted by Gasteiger charge is 2.22. The maximum absolute atomic E-state index is 12.2. The van der Waals surface area contributed by atoms with Crippen LogP contribution >= 0.6 is 39.9 Å². The van der Waals surface area contributed by atoms with E-state index in [1.807, 2.05) is 11.9 Å². The van der Waals surface area contributed by atoms with E-state index in [1.165, 1.54) is 0 Å². The molecule has 124 valence electrons. The molecule has 1 N–H and O–H groups in total. The molecule has 1 fully saturated rings. The quantitative estimate of drug-likeness (QED) is 0.805. The summed E-state index contributed by atoms with van der Waals surface area (Å²) < 4.78 is 6.44. The maximum atomic E-state index is 12.2. The Hall–Kier alpha value is -0.490. The smallest absolute Gasteiger partial charge is 0.226 e. The van der Waals surface area contributed by atoms with Gasteiger partial charge >= 0.3 is 0 Å². The minimum Gasteiger partial charge on any atom is -0.492 e. The number of halogens is 3. The second-order valence-electron chi connectivity index (χ2n) is 5.14. The first kappa shape index (κ1) is 19.6. The standard InChI is InChI=1S/C15H20BrClN2O2.ClH/c1-18-12-3-2-7-19(10-12)15(20)6-8-21-14-5-4-11(17)9-13(14)16;/h4-5,9,12,18H,2-3,6-8,10H2,1H3;1H. The number of carbonyl (C=O) groups excluding carboxylic acids is 1. The van der Waals surface area contributed by atoms with Crippen LogP contribution in [0.4, 0.5) is 0 Å². The maximum Gasteiger partial charge on any atom is 0.226 e. The summed E-state index contributed by atoms with van der Waals surface area (Å²) in [6.07, 6.45) is 2.58. The summed E-state index contributed by atoms with van der Waals surface area (Å²) in [6.45, 7) is 2.02. The van der Waals surface area contributed by atoms with Crippen LogP contribution in [0.15, 0.2) is 22.7 Å². The van der Waals surface area contributed by atoms with Crippen LogP contribution in [-0.2, 0) is 4.79 Å². The first-order chi connectivity index (χ1) is 10.1. The molecule has 1 aromatic carbocycles. The lowest BCUT2D eigenvalue weighted by Gasteiger charge is -2.32. The average Bonchev–Trinajstić information content (AvgIpc) is 2.49. The number of piperidine rings is 1. The van der Waals surface area contributed by atoms with Gasteiger partial charge in [0.15, 0.2) is 0 Å². The topological polar surface area (TPSA) is 41.6 Å². The van der Waals surface area contributed by atoms with Gasteiger partial charge < -0.3 is 15.0 Å². The Kier molecular flexibility index (Phi) is 8.54. The molecule has 1 aliphatic rings. The summed E-state index contributed by atoms with van der Waals surface area (Å²) in [5, 5.41) is 3.89. The van der Waals surface area contributed by atoms with Crippen molar-refractivity contribution in [2.24, 2.45) is 0 Å². The largest absolute Gasteiger partial charge is 0.492 e. The number of hydrogen-bond donors (Lipinski definition) is 1. The number of rotatable bonds is 5. The third-order valence-electron chi connectivity index (χ3n) is 3.65. The van der Waals surface area contributed by atoms with Gasteiger partial charge in [-0.25, -0.2) is 0 Å². The predicted molar refractivity (Wildman–Crippen MR) is 95.2 cm³/mol. The molecule has 0 aliphatic carbocycles. The van der Waals surface area contributed by atoms with E-state index in [2.05, 4.69) is 21.2 Å². The molecule has 1 aromatic rings. The molecule has 1 atom stereocenters. The first-order valence-electron chi connectivity index (χ1n) is 7.13. The highest BCUT2D eigenvalue weighted by Crippen LogP contribution is 2.28. The molecule has 22 heavy (non-hydrogen) atoms. The van der Waals surface area contributed by atoms with Gasteiger partial charge in [-0.3, -0.25) is 4.79 Å². The summed E-state index contributed by atoms with van der Waals surface area (Å²) >= 11 is 9.27. The highest BCUT2D eigenvalue weighted by atomic mass is 79.9. The number of hydrogen-bond acceptors (Lipinski definition) is 3. The van der Waals surface area contributed by atoms with E-state index in [0.29, 0.717) is 29.8 Å². The average molecular weight is 412 g/mol. The lowest BCUT2D eigenvalue weighted by molar-refractivity contribution is -0.133. The number of benzene rings is 1. The van der Waals surface area contributed by atoms with Gasteiger partial charge in [0.2, 0.25) is 5.91 Å². The summed E-state index contributed by atoms with van der Waals surface area (Å²) in [5.41, 5.74) is 0. The van der Waals surface area contributed by atoms with Crippen molar-refractivity contribution in [1.29, 1.82) is 0 Å². The van der Waals surface area contributed by atoms with Gasteiger partial charge in [-0.2, -0.15) is 0 Å². The van der Waals surface area contributed by atoms with Crippen molar-refractivity contribution in [3.8, 4) is 5.75 Å². The fourth-order valence-electron chi connectivity index (χ4n) is 2.44. The van der Waals surface area contributed by atoms with Crippen LogP contribution in [0.5, 0.6) is 5.75 Å². The molecule has 7 heteroatoms. The van der Waals surface area contributed by atoms with Gasteiger partial charge in [-0.05, 0) is 54.0 Å². The monoisotopic (exact) mass is 410 g/mol. The molecule has 0 spiro atoms. The van der Waals surface area contributed by atoms with Crippen LogP contribution in [0.25, 0.3) is 0 Å². The number of nitrogens with zero attached hydrogens (tertiary/aromatic N) is 1. The highest BCUT2D eigenvalue weighted by molar-refractivity contribution is 9.10. The van der Waals surface area contributed by atoms with Crippen molar-refractivity contribution in [2.75, 3.05) is 26.7 Å². The van der Waals surface area contributed by atoms with Gasteiger partial charge in [0.1, 0.15) is 5.75 Å². The summed E-state index contributed by atoms with van der Waals surface area (Å²) in [7, 11) is 1.94. The van der Waals surface area contributed by atoms with E-state index >= 15 is 0 Å². The van der Waals surface area contributed by atoms with Crippen LogP contribution < -0.4 is 10.1 Å². The zero-order valence-electron chi connectivity index (χ0n) is 12.5. The molecule has 2 rings (SSSR count). The zero-order chi connectivity index (χ0) is 15.2. The molecule has 0 bridgehead atoms. The molecular weight excluding hydrogens is 391 g/mol. The Morgan fingerprint density at radius 1 is 1.55 bits per heavy atom. The van der Waals surface area contributed by atoms with E-state index in [0.717, 1.165) is 30.4 Å². The summed E-state index contributed by atoms with van der Waals surface area (Å²) in [5.74, 6) is 0.860. The summed E-state index contributed by atoms with van der Waals surface area (Å²) in [4.78, 5) is 14.1. The molecule has 1 heterocycles. The second-order valence-corrected chi connectivity index (χ2v) is 6.43. The van der Waals surface area contributed by atoms with E-state index in [1.54, 1.807) is 18.2 Å². The SMILES string of the molecule is CNC1CCCN(C(=O)CCOc2ccc(Cl)cc2Br)C1.Cl. The van der Waals surface area contributed by atoms with Crippen molar-refractivity contribution in [3.05, 3.63) is 27.7 Å². The van der Waals surface area contributed by atoms with Gasteiger partial charge in [0.05, 0.1) is 17.5 Å². The number of carbonyl (C=O) groups is 1. The molecule has 0 aromatic heterocycles. The molecule has 1 unspecified atom stereocenters. The minimum absolute atomic E-state index is 0. The first-order valence-corrected chi connectivity index (χ1v) is 8.30. The van der Waals surface area contributed by atoms with Crippen LogP contribution in [0.3, 0.4) is 0 Å². The Bertz CT molecular complexity index is 502. The van der Waals surface area contributed by atoms with Crippen LogP contribution in [-0.4, -0.2) is 43.6 Å². The van der Waals surface area contributed by atoms with Crippen LogP contribution in [0, 0.1) is 0 Å². The van der Waals surface area contributed by atoms with Crippen molar-refractivity contribution in [3.63, 3.8) is 0 Å². The minimum atomic E-state index is 0. The molecular formula is C15H21BrCl2N2O2. The lowest BCUT2D eigenvalue weighted by atomic mass is 10.1. The van der Waals surface area contributed by atoms with Crippen molar-refractivity contribution < 1.29 is 9.53 Å². The van der Waals surface area contributed by atoms with Crippen molar-refractivity contribution in [1.82, 2.24) is 10.2 Å². The van der Waals surface area contributed by atoms with Crippen LogP contribution in [0.2, 0.25) is 5.02 Å². The van der Waals surface area contributed by atoms with Crippen molar-refractivity contribution in [2.45, 2.75) is 25.3 Å². The molecule has 0 saturated carbocycles. The second kappa shape index (κ2) is 9.60. The van der Waals surface area contributed by atoms with Crippen LogP contribution in [0.1, 0.15) is 19.3 Å². The Morgan fingerprint density at radius 3 is 3.00 bits per heavy atom. The number of nitrogens with one attached hydrogen (secondary N) is 1. The van der Waals surface area contributed by atoms with E-state index < -0.39 is 0 Å². The molecule has 1 amide bonds. The van der Waals surface area contributed by atoms with Crippen molar-refractivity contribution >= 4 is 45.8 Å². The lowest BCUT2D eigenvalue weighted by Crippen LogP contribution is -2.47. The van der Waals surface area contributed by atoms with E-state index in [9.17, 15) is 4.79 Å². The molecule has 1 saturated heterocycles. The molecule has 0 radical (unpaired) electrons. The molecule has 4 nitrogen and oxygen atoms in total. The normalized spacial score (nSPS) is 17.8. The zero-order valence-corrected chi connectivity index (χ0v) is 15.6. The van der Waals surface area contributed by atoms with Gasteiger partial charge in [-0.15, -0.1) is 12.4 Å². The van der Waals surface area contributed by atoms with E-state index in [-0.39, 0.29) is 18.3 Å². The van der Waals surface area contributed by atoms with E-state index in [4.69, 9.17) is 16.3 Å². The Labute approximate surface area is 151 Å². The number of ether oxygens (including phenoxy) is 1. The fraction of sp³-hybridized carbons (Fsp3) is 0.533.